The zero-order valence-corrected chi connectivity index (χ0v) is 32.7. The molecule has 12 rings (SSSR count). The van der Waals surface area contributed by atoms with Crippen molar-refractivity contribution >= 4 is 82.4 Å². The molecular weight excluding hydrogens is 735 g/mol. The summed E-state index contributed by atoms with van der Waals surface area (Å²) >= 11 is 0. The van der Waals surface area contributed by atoms with Gasteiger partial charge in [-0.1, -0.05) is 134 Å². The number of hydrogen-bond acceptors (Lipinski definition) is 4. The van der Waals surface area contributed by atoms with E-state index in [1.165, 1.54) is 10.8 Å². The van der Waals surface area contributed by atoms with Crippen LogP contribution >= 0.6 is 0 Å². The number of allylic oxidation sites excluding steroid dienone is 2. The van der Waals surface area contributed by atoms with Gasteiger partial charge in [-0.2, -0.15) is 9.97 Å². The lowest BCUT2D eigenvalue weighted by atomic mass is 10.0. The third-order valence-corrected chi connectivity index (χ3v) is 11.9. The number of fused-ring (bicyclic) bond motifs is 10. The van der Waals surface area contributed by atoms with E-state index in [0.717, 1.165) is 87.9 Å². The van der Waals surface area contributed by atoms with Crippen LogP contribution in [0.3, 0.4) is 0 Å². The highest BCUT2D eigenvalue weighted by atomic mass is 16.3. The fourth-order valence-corrected chi connectivity index (χ4v) is 9.07. The summed E-state index contributed by atoms with van der Waals surface area (Å²) in [6.45, 7) is 6.02. The van der Waals surface area contributed by atoms with Crippen LogP contribution in [0.15, 0.2) is 187 Å². The fourth-order valence-electron chi connectivity index (χ4n) is 9.07. The van der Waals surface area contributed by atoms with E-state index >= 15 is 0 Å². The lowest BCUT2D eigenvalue weighted by Crippen LogP contribution is -2.08. The standard InChI is InChI=1S/C54H35N5O/c1-3-4-15-34-30-37(27-26-33(34)2)52-55-53(57-54(56-52)59-45-23-12-7-18-38(45)39-19-8-13-24-46(39)59)50-47(29-28-42-41-21-10-14-25-49(41)60-51(42)50)58-44-22-11-9-20-40(44)43-31-35-16-5-6-17-36(35)32-48(43)58/h3-32H,1H2,2H3/b15-4-. The molecule has 6 nitrogen and oxygen atoms in total. The van der Waals surface area contributed by atoms with E-state index < -0.39 is 0 Å². The van der Waals surface area contributed by atoms with Crippen molar-refractivity contribution in [3.63, 3.8) is 0 Å². The summed E-state index contributed by atoms with van der Waals surface area (Å²) in [5, 5.41) is 8.96. The summed E-state index contributed by atoms with van der Waals surface area (Å²) in [6.07, 6.45) is 5.82. The van der Waals surface area contributed by atoms with Crippen LogP contribution in [-0.4, -0.2) is 24.1 Å². The highest BCUT2D eigenvalue weighted by Gasteiger charge is 2.26. The Hall–Kier alpha value is -8.09. The average molecular weight is 770 g/mol. The van der Waals surface area contributed by atoms with Gasteiger partial charge in [0.2, 0.25) is 5.95 Å². The van der Waals surface area contributed by atoms with E-state index in [-0.39, 0.29) is 0 Å². The quantitative estimate of drug-likeness (QED) is 0.158. The highest BCUT2D eigenvalue weighted by Crippen LogP contribution is 2.43. The van der Waals surface area contributed by atoms with Gasteiger partial charge in [-0.25, -0.2) is 4.98 Å². The Labute approximate surface area is 344 Å². The van der Waals surface area contributed by atoms with E-state index in [1.54, 1.807) is 6.08 Å². The molecule has 12 aromatic rings. The molecule has 0 aliphatic carbocycles. The van der Waals surface area contributed by atoms with Gasteiger partial charge in [0.1, 0.15) is 11.2 Å². The summed E-state index contributed by atoms with van der Waals surface area (Å²) in [6, 6.07) is 57.6. The van der Waals surface area contributed by atoms with E-state index in [1.807, 2.05) is 18.2 Å². The molecule has 0 N–H and O–H groups in total. The molecule has 60 heavy (non-hydrogen) atoms. The van der Waals surface area contributed by atoms with Crippen molar-refractivity contribution in [1.82, 2.24) is 24.1 Å². The van der Waals surface area contributed by atoms with Gasteiger partial charge >= 0.3 is 0 Å². The Balaban J connectivity index is 1.24. The van der Waals surface area contributed by atoms with E-state index in [0.29, 0.717) is 23.2 Å². The van der Waals surface area contributed by atoms with Crippen molar-refractivity contribution in [2.45, 2.75) is 6.92 Å². The van der Waals surface area contributed by atoms with Crippen LogP contribution in [0, 0.1) is 6.92 Å². The molecule has 282 valence electrons. The van der Waals surface area contributed by atoms with Crippen molar-refractivity contribution < 1.29 is 4.42 Å². The minimum Gasteiger partial charge on any atom is -0.455 e. The Bertz CT molecular complexity index is 3710. The third-order valence-electron chi connectivity index (χ3n) is 11.9. The molecule has 4 heterocycles. The first kappa shape index (κ1) is 34.0. The van der Waals surface area contributed by atoms with Crippen molar-refractivity contribution in [3.05, 3.63) is 194 Å². The highest BCUT2D eigenvalue weighted by molar-refractivity contribution is 6.16. The molecule has 0 aliphatic rings. The van der Waals surface area contributed by atoms with Crippen molar-refractivity contribution in [1.29, 1.82) is 0 Å². The normalized spacial score (nSPS) is 12.1. The maximum Gasteiger partial charge on any atom is 0.238 e. The molecule has 0 saturated heterocycles. The van der Waals surface area contributed by atoms with E-state index in [4.69, 9.17) is 19.4 Å². The van der Waals surface area contributed by atoms with Gasteiger partial charge < -0.3 is 8.98 Å². The zero-order chi connectivity index (χ0) is 39.9. The zero-order valence-electron chi connectivity index (χ0n) is 32.7. The number of hydrogen-bond donors (Lipinski definition) is 0. The van der Waals surface area contributed by atoms with Gasteiger partial charge in [0.05, 0.1) is 33.3 Å². The van der Waals surface area contributed by atoms with Crippen LogP contribution in [0.1, 0.15) is 11.1 Å². The molecule has 0 aliphatic heterocycles. The van der Waals surface area contributed by atoms with Crippen molar-refractivity contribution in [3.8, 4) is 34.4 Å². The van der Waals surface area contributed by atoms with Crippen LogP contribution in [0.25, 0.3) is 117 Å². The number of nitrogens with zero attached hydrogens (tertiary/aromatic N) is 5. The SMILES string of the molecule is C=C/C=C\c1cc(-c2nc(-c3c(-n4c5ccccc5c5cc6ccccc6cc54)ccc4c3oc3ccccc34)nc(-n3c4ccccc4c4ccccc43)n2)ccc1C. The number of aromatic nitrogens is 5. The molecule has 0 spiro atoms. The molecule has 0 atom stereocenters. The Morgan fingerprint density at radius 3 is 1.87 bits per heavy atom. The molecule has 4 aromatic heterocycles. The first-order chi connectivity index (χ1) is 29.6. The lowest BCUT2D eigenvalue weighted by Gasteiger charge is -2.16. The summed E-state index contributed by atoms with van der Waals surface area (Å²) in [5.74, 6) is 1.58. The van der Waals surface area contributed by atoms with Gasteiger partial charge in [-0.05, 0) is 83.4 Å². The van der Waals surface area contributed by atoms with Gasteiger partial charge in [0.25, 0.3) is 0 Å². The first-order valence-electron chi connectivity index (χ1n) is 20.1. The second kappa shape index (κ2) is 13.2. The molecule has 8 aromatic carbocycles. The second-order valence-corrected chi connectivity index (χ2v) is 15.3. The van der Waals surface area contributed by atoms with Crippen LogP contribution < -0.4 is 0 Å². The monoisotopic (exact) mass is 769 g/mol. The van der Waals surface area contributed by atoms with Crippen molar-refractivity contribution in [2.24, 2.45) is 0 Å². The molecule has 0 unspecified atom stereocenters. The summed E-state index contributed by atoms with van der Waals surface area (Å²) in [5.41, 5.74) is 10.5. The fraction of sp³-hybridized carbons (Fsp3) is 0.0185. The smallest absolute Gasteiger partial charge is 0.238 e. The number of para-hydroxylation sites is 4. The molecule has 0 fully saturated rings. The lowest BCUT2D eigenvalue weighted by molar-refractivity contribution is 0.669. The third kappa shape index (κ3) is 5.11. The van der Waals surface area contributed by atoms with Crippen LogP contribution in [0.4, 0.5) is 0 Å². The van der Waals surface area contributed by atoms with Crippen LogP contribution in [0.5, 0.6) is 0 Å². The number of rotatable bonds is 6. The van der Waals surface area contributed by atoms with Crippen molar-refractivity contribution in [2.75, 3.05) is 0 Å². The topological polar surface area (TPSA) is 61.7 Å². The predicted octanol–water partition coefficient (Wildman–Crippen LogP) is 14.0. The maximum absolute atomic E-state index is 6.93. The number of benzene rings is 8. The van der Waals surface area contributed by atoms with E-state index in [9.17, 15) is 0 Å². The molecular formula is C54H35N5O. The Kier molecular flexibility index (Phi) is 7.50. The summed E-state index contributed by atoms with van der Waals surface area (Å²) < 4.78 is 11.4. The van der Waals surface area contributed by atoms with Gasteiger partial charge in [0, 0.05) is 37.9 Å². The molecule has 0 amide bonds. The van der Waals surface area contributed by atoms with Gasteiger partial charge in [0.15, 0.2) is 11.6 Å². The van der Waals surface area contributed by atoms with Gasteiger partial charge in [-0.3, -0.25) is 4.57 Å². The molecule has 0 saturated carbocycles. The minimum absolute atomic E-state index is 0.506. The van der Waals surface area contributed by atoms with Crippen LogP contribution in [0.2, 0.25) is 0 Å². The number of aryl methyl sites for hydroxylation is 1. The Morgan fingerprint density at radius 1 is 0.517 bits per heavy atom. The first-order valence-corrected chi connectivity index (χ1v) is 20.1. The molecule has 6 heteroatoms. The largest absolute Gasteiger partial charge is 0.455 e. The number of furan rings is 1. The van der Waals surface area contributed by atoms with Crippen LogP contribution in [-0.2, 0) is 0 Å². The maximum atomic E-state index is 6.93. The molecule has 0 bridgehead atoms. The average Bonchev–Trinajstić information content (AvgIpc) is 3.95. The summed E-state index contributed by atoms with van der Waals surface area (Å²) in [4.78, 5) is 16.3. The minimum atomic E-state index is 0.506. The summed E-state index contributed by atoms with van der Waals surface area (Å²) in [7, 11) is 0. The second-order valence-electron chi connectivity index (χ2n) is 15.3. The van der Waals surface area contributed by atoms with E-state index in [2.05, 4.69) is 180 Å². The predicted molar refractivity (Wildman–Crippen MR) is 248 cm³/mol. The van der Waals surface area contributed by atoms with Gasteiger partial charge in [-0.15, -0.1) is 0 Å². The molecule has 0 radical (unpaired) electrons. The Morgan fingerprint density at radius 2 is 1.13 bits per heavy atom.